The van der Waals surface area contributed by atoms with Crippen molar-refractivity contribution in [3.63, 3.8) is 0 Å². The lowest BCUT2D eigenvalue weighted by atomic mass is 9.92. The van der Waals surface area contributed by atoms with Crippen molar-refractivity contribution in [2.24, 2.45) is 0 Å². The Bertz CT molecular complexity index is 621. The van der Waals surface area contributed by atoms with E-state index in [1.54, 1.807) is 0 Å². The fourth-order valence-electron chi connectivity index (χ4n) is 3.44. The van der Waals surface area contributed by atoms with E-state index < -0.39 is 11.6 Å². The number of nitrogens with one attached hydrogen (secondary N) is 1. The lowest BCUT2D eigenvalue weighted by molar-refractivity contribution is -0.185. The minimum atomic E-state index is -0.513. The Balaban J connectivity index is 2.02. The molecule has 0 spiro atoms. The van der Waals surface area contributed by atoms with Crippen LogP contribution in [0.15, 0.2) is 24.3 Å². The van der Waals surface area contributed by atoms with Gasteiger partial charge in [0, 0.05) is 12.2 Å². The zero-order valence-corrected chi connectivity index (χ0v) is 16.7. The average molecular weight is 360 g/mol. The molecule has 1 fully saturated rings. The van der Waals surface area contributed by atoms with Gasteiger partial charge in [-0.3, -0.25) is 14.5 Å². The molecule has 2 rings (SSSR count). The molecule has 1 unspecified atom stereocenters. The third kappa shape index (κ3) is 4.64. The molecular formula is C21H32N2O3. The van der Waals surface area contributed by atoms with Crippen LogP contribution < -0.4 is 5.32 Å². The summed E-state index contributed by atoms with van der Waals surface area (Å²) in [6, 6.07) is 7.34. The lowest BCUT2D eigenvalue weighted by Gasteiger charge is -2.44. The van der Waals surface area contributed by atoms with Crippen LogP contribution in [0.25, 0.3) is 0 Å². The molecule has 1 aromatic carbocycles. The molecule has 5 nitrogen and oxygen atoms in total. The summed E-state index contributed by atoms with van der Waals surface area (Å²) in [6.07, 6.45) is 1.68. The van der Waals surface area contributed by atoms with Crippen molar-refractivity contribution >= 4 is 17.6 Å². The number of ether oxygens (including phenoxy) is 1. The predicted octanol–water partition coefficient (Wildman–Crippen LogP) is 3.94. The molecule has 1 heterocycles. The number of nitrogens with zero attached hydrogens (tertiary/aromatic N) is 1. The first-order valence-electron chi connectivity index (χ1n) is 9.70. The third-order valence-corrected chi connectivity index (χ3v) is 5.46. The van der Waals surface area contributed by atoms with Gasteiger partial charge in [-0.2, -0.15) is 0 Å². The van der Waals surface area contributed by atoms with Crippen LogP contribution in [0.1, 0.15) is 65.4 Å². The quantitative estimate of drug-likeness (QED) is 0.748. The van der Waals surface area contributed by atoms with E-state index >= 15 is 0 Å². The van der Waals surface area contributed by atoms with E-state index in [4.69, 9.17) is 4.74 Å². The van der Waals surface area contributed by atoms with Gasteiger partial charge in [0.2, 0.25) is 5.91 Å². The van der Waals surface area contributed by atoms with Gasteiger partial charge in [0.25, 0.3) is 0 Å². The van der Waals surface area contributed by atoms with Crippen LogP contribution in [0, 0.1) is 0 Å². The van der Waals surface area contributed by atoms with E-state index in [-0.39, 0.29) is 18.3 Å². The number of esters is 1. The van der Waals surface area contributed by atoms with E-state index in [2.05, 4.69) is 24.1 Å². The summed E-state index contributed by atoms with van der Waals surface area (Å²) >= 11 is 0. The Labute approximate surface area is 157 Å². The molecule has 1 saturated heterocycles. The lowest BCUT2D eigenvalue weighted by Crippen LogP contribution is -2.59. The van der Waals surface area contributed by atoms with Gasteiger partial charge in [-0.25, -0.2) is 0 Å². The van der Waals surface area contributed by atoms with Crippen molar-refractivity contribution in [1.29, 1.82) is 0 Å². The van der Waals surface area contributed by atoms with Crippen LogP contribution in [-0.2, 0) is 14.3 Å². The number of anilines is 1. The van der Waals surface area contributed by atoms with Gasteiger partial charge in [0.15, 0.2) is 0 Å². The number of rotatable bonds is 7. The van der Waals surface area contributed by atoms with Crippen LogP contribution in [0.3, 0.4) is 0 Å². The highest BCUT2D eigenvalue weighted by Crippen LogP contribution is 2.30. The van der Waals surface area contributed by atoms with E-state index in [1.807, 2.05) is 45.0 Å². The number of morpholine rings is 1. The van der Waals surface area contributed by atoms with Gasteiger partial charge in [-0.1, -0.05) is 46.8 Å². The number of amides is 1. The Kier molecular flexibility index (Phi) is 6.81. The molecule has 1 aliphatic heterocycles. The number of carbonyl (C=O) groups is 2. The number of cyclic esters (lactones) is 1. The van der Waals surface area contributed by atoms with Crippen molar-refractivity contribution in [2.75, 3.05) is 18.4 Å². The minimum absolute atomic E-state index is 0.113. The van der Waals surface area contributed by atoms with Crippen molar-refractivity contribution in [2.45, 2.75) is 71.4 Å². The standard InChI is InChI=1S/C21H32N2O3/c1-6-21(7-2)14-23(8-3)18(20(25)26-21)13-19(24)22-17-11-9-16(10-12-17)15(4)5/h9-12,15,18H,6-8,13-14H2,1-5H3,(H,22,24). The normalized spacial score (nSPS) is 20.1. The second-order valence-corrected chi connectivity index (χ2v) is 7.42. The number of hydrogen-bond donors (Lipinski definition) is 1. The zero-order valence-electron chi connectivity index (χ0n) is 16.7. The second kappa shape index (κ2) is 8.67. The van der Waals surface area contributed by atoms with Gasteiger partial charge in [-0.15, -0.1) is 0 Å². The van der Waals surface area contributed by atoms with Crippen LogP contribution in [0.2, 0.25) is 0 Å². The van der Waals surface area contributed by atoms with Gasteiger partial charge in [0.1, 0.15) is 11.6 Å². The maximum Gasteiger partial charge on any atom is 0.324 e. The van der Waals surface area contributed by atoms with Crippen molar-refractivity contribution in [3.8, 4) is 0 Å². The van der Waals surface area contributed by atoms with Crippen LogP contribution in [0.5, 0.6) is 0 Å². The van der Waals surface area contributed by atoms with Crippen LogP contribution in [0.4, 0.5) is 5.69 Å². The highest BCUT2D eigenvalue weighted by Gasteiger charge is 2.44. The molecule has 5 heteroatoms. The highest BCUT2D eigenvalue weighted by atomic mass is 16.6. The molecule has 0 aliphatic carbocycles. The third-order valence-electron chi connectivity index (χ3n) is 5.46. The summed E-state index contributed by atoms with van der Waals surface area (Å²) in [7, 11) is 0. The van der Waals surface area contributed by atoms with Crippen LogP contribution >= 0.6 is 0 Å². The first-order valence-corrected chi connectivity index (χ1v) is 9.70. The van der Waals surface area contributed by atoms with Gasteiger partial charge in [-0.05, 0) is 43.0 Å². The SMILES string of the molecule is CCN1CC(CC)(CC)OC(=O)C1CC(=O)Nc1ccc(C(C)C)cc1. The Hall–Kier alpha value is -1.88. The van der Waals surface area contributed by atoms with E-state index in [0.717, 1.165) is 25.1 Å². The molecule has 0 bridgehead atoms. The number of likely N-dealkylation sites (N-methyl/N-ethyl adjacent to an activating group) is 1. The minimum Gasteiger partial charge on any atom is -0.457 e. The summed E-state index contributed by atoms with van der Waals surface area (Å²) < 4.78 is 5.75. The molecule has 1 atom stereocenters. The van der Waals surface area contributed by atoms with Crippen molar-refractivity contribution < 1.29 is 14.3 Å². The first kappa shape index (κ1) is 20.4. The Morgan fingerprint density at radius 2 is 1.85 bits per heavy atom. The molecule has 26 heavy (non-hydrogen) atoms. The number of carbonyl (C=O) groups excluding carboxylic acids is 2. The summed E-state index contributed by atoms with van der Waals surface area (Å²) in [5.74, 6) is 0.00238. The fourth-order valence-corrected chi connectivity index (χ4v) is 3.44. The van der Waals surface area contributed by atoms with Crippen LogP contribution in [-0.4, -0.2) is 41.5 Å². The molecule has 1 aliphatic rings. The molecular weight excluding hydrogens is 328 g/mol. The number of benzene rings is 1. The molecule has 0 radical (unpaired) electrons. The maximum atomic E-state index is 12.6. The van der Waals surface area contributed by atoms with Crippen molar-refractivity contribution in [3.05, 3.63) is 29.8 Å². The maximum absolute atomic E-state index is 12.6. The Morgan fingerprint density at radius 3 is 2.35 bits per heavy atom. The van der Waals surface area contributed by atoms with E-state index in [1.165, 1.54) is 5.56 Å². The fraction of sp³-hybridized carbons (Fsp3) is 0.619. The second-order valence-electron chi connectivity index (χ2n) is 7.42. The van der Waals surface area contributed by atoms with Gasteiger partial charge < -0.3 is 10.1 Å². The van der Waals surface area contributed by atoms with Gasteiger partial charge >= 0.3 is 5.97 Å². The summed E-state index contributed by atoms with van der Waals surface area (Å²) in [4.78, 5) is 27.1. The molecule has 1 N–H and O–H groups in total. The topological polar surface area (TPSA) is 58.6 Å². The Morgan fingerprint density at radius 1 is 1.23 bits per heavy atom. The monoisotopic (exact) mass is 360 g/mol. The highest BCUT2D eigenvalue weighted by molar-refractivity contribution is 5.94. The van der Waals surface area contributed by atoms with Gasteiger partial charge in [0.05, 0.1) is 6.42 Å². The van der Waals surface area contributed by atoms with E-state index in [0.29, 0.717) is 12.5 Å². The predicted molar refractivity (Wildman–Crippen MR) is 104 cm³/mol. The molecule has 0 saturated carbocycles. The largest absolute Gasteiger partial charge is 0.457 e. The van der Waals surface area contributed by atoms with E-state index in [9.17, 15) is 9.59 Å². The molecule has 1 amide bonds. The summed E-state index contributed by atoms with van der Waals surface area (Å²) in [5.41, 5.74) is 1.56. The zero-order chi connectivity index (χ0) is 19.3. The first-order chi connectivity index (χ1) is 12.3. The number of hydrogen-bond acceptors (Lipinski definition) is 4. The molecule has 1 aromatic rings. The summed E-state index contributed by atoms with van der Waals surface area (Å²) in [5, 5.41) is 2.90. The average Bonchev–Trinajstić information content (AvgIpc) is 2.63. The smallest absolute Gasteiger partial charge is 0.324 e. The van der Waals surface area contributed by atoms with Crippen molar-refractivity contribution in [1.82, 2.24) is 4.90 Å². The summed E-state index contributed by atoms with van der Waals surface area (Å²) in [6.45, 7) is 11.8. The molecule has 0 aromatic heterocycles. The molecule has 144 valence electrons.